The molecule has 0 aromatic carbocycles. The molecule has 218 valence electrons. The van der Waals surface area contributed by atoms with E-state index in [4.69, 9.17) is 5.73 Å². The molecule has 0 aromatic heterocycles. The fourth-order valence-electron chi connectivity index (χ4n) is 4.64. The van der Waals surface area contributed by atoms with Gasteiger partial charge in [-0.1, -0.05) is 110 Å². The smallest absolute Gasteiger partial charge is 0.549 e. The van der Waals surface area contributed by atoms with Gasteiger partial charge in [0.2, 0.25) is 5.91 Å². The van der Waals surface area contributed by atoms with E-state index >= 15 is 0 Å². The van der Waals surface area contributed by atoms with E-state index in [9.17, 15) is 24.6 Å². The SMILES string of the molecule is CCCCCCCCCCCCCCCCCCC(CC(N)=O)(NCCNCCNCC(=O)[O-])C(=O)[O-].[Na+].[Na+]. The van der Waals surface area contributed by atoms with E-state index in [0.717, 1.165) is 19.3 Å². The Hall–Kier alpha value is 0.290. The molecule has 0 saturated heterocycles. The van der Waals surface area contributed by atoms with Crippen LogP contribution >= 0.6 is 0 Å². The zero-order valence-electron chi connectivity index (χ0n) is 25.4. The summed E-state index contributed by atoms with van der Waals surface area (Å²) in [7, 11) is 0. The Bertz CT molecular complexity index is 602. The number of carboxylic acid groups (broad SMARTS) is 2. The quantitative estimate of drug-likeness (QED) is 0.0516. The summed E-state index contributed by atoms with van der Waals surface area (Å²) in [6.45, 7) is 3.78. The first-order valence-corrected chi connectivity index (χ1v) is 14.7. The molecule has 0 rings (SSSR count). The molecule has 0 aliphatic rings. The normalized spacial score (nSPS) is 12.2. The van der Waals surface area contributed by atoms with Crippen molar-refractivity contribution in [3.8, 4) is 0 Å². The van der Waals surface area contributed by atoms with E-state index in [2.05, 4.69) is 22.9 Å². The molecule has 0 aromatic rings. The first kappa shape index (κ1) is 43.7. The van der Waals surface area contributed by atoms with Gasteiger partial charge in [-0.2, -0.15) is 0 Å². The Morgan fingerprint density at radius 3 is 1.46 bits per heavy atom. The van der Waals surface area contributed by atoms with Crippen molar-refractivity contribution in [1.82, 2.24) is 16.0 Å². The largest absolute Gasteiger partial charge is 1.00 e. The van der Waals surface area contributed by atoms with E-state index in [0.29, 0.717) is 39.0 Å². The van der Waals surface area contributed by atoms with Crippen molar-refractivity contribution < 1.29 is 83.7 Å². The second-order valence-electron chi connectivity index (χ2n) is 10.3. The number of nitrogens with two attached hydrogens (primary N) is 1. The molecule has 9 nitrogen and oxygen atoms in total. The van der Waals surface area contributed by atoms with Gasteiger partial charge in [0.1, 0.15) is 0 Å². The van der Waals surface area contributed by atoms with Gasteiger partial charge in [0.05, 0.1) is 17.5 Å². The number of unbranched alkanes of at least 4 members (excludes halogenated alkanes) is 15. The Morgan fingerprint density at radius 2 is 1.05 bits per heavy atom. The summed E-state index contributed by atoms with van der Waals surface area (Å²) in [4.78, 5) is 33.9. The summed E-state index contributed by atoms with van der Waals surface area (Å²) in [5.41, 5.74) is 3.88. The van der Waals surface area contributed by atoms with Crippen LogP contribution in [-0.4, -0.2) is 56.1 Å². The van der Waals surface area contributed by atoms with E-state index in [1.165, 1.54) is 77.0 Å². The number of aliphatic carboxylic acids is 2. The zero-order valence-corrected chi connectivity index (χ0v) is 29.4. The van der Waals surface area contributed by atoms with E-state index in [-0.39, 0.29) is 72.1 Å². The molecule has 11 heteroatoms. The Morgan fingerprint density at radius 1 is 0.641 bits per heavy atom. The summed E-state index contributed by atoms with van der Waals surface area (Å²) in [6, 6.07) is 0. The number of nitrogens with one attached hydrogen (secondary N) is 3. The van der Waals surface area contributed by atoms with Gasteiger partial charge in [0.25, 0.3) is 0 Å². The minimum atomic E-state index is -1.46. The van der Waals surface area contributed by atoms with Crippen molar-refractivity contribution in [3.05, 3.63) is 0 Å². The van der Waals surface area contributed by atoms with Gasteiger partial charge < -0.3 is 41.5 Å². The minimum Gasteiger partial charge on any atom is -0.549 e. The van der Waals surface area contributed by atoms with Crippen LogP contribution < -0.4 is 91.0 Å². The molecule has 0 radical (unpaired) electrons. The average Bonchev–Trinajstić information content (AvgIpc) is 2.84. The summed E-state index contributed by atoms with van der Waals surface area (Å²) in [6.07, 6.45) is 19.8. The summed E-state index contributed by atoms with van der Waals surface area (Å²) < 4.78 is 0. The van der Waals surface area contributed by atoms with Crippen LogP contribution in [0.4, 0.5) is 0 Å². The third-order valence-electron chi connectivity index (χ3n) is 6.84. The van der Waals surface area contributed by atoms with Gasteiger partial charge in [-0.3, -0.25) is 4.79 Å². The van der Waals surface area contributed by atoms with Crippen molar-refractivity contribution in [3.63, 3.8) is 0 Å². The van der Waals surface area contributed by atoms with Crippen LogP contribution in [0, 0.1) is 0 Å². The molecular weight excluding hydrogens is 518 g/mol. The van der Waals surface area contributed by atoms with E-state index in [1.807, 2.05) is 0 Å². The predicted molar refractivity (Wildman–Crippen MR) is 144 cm³/mol. The molecule has 1 atom stereocenters. The molecule has 0 heterocycles. The van der Waals surface area contributed by atoms with Crippen LogP contribution in [0.5, 0.6) is 0 Å². The molecule has 0 fully saturated rings. The first-order valence-electron chi connectivity index (χ1n) is 14.7. The Labute approximate surface area is 281 Å². The van der Waals surface area contributed by atoms with Crippen molar-refractivity contribution in [2.75, 3.05) is 32.7 Å². The van der Waals surface area contributed by atoms with Crippen molar-refractivity contribution in [2.24, 2.45) is 5.73 Å². The molecule has 0 saturated carbocycles. The Balaban J connectivity index is -0.00000648. The van der Waals surface area contributed by atoms with Crippen LogP contribution in [0.3, 0.4) is 0 Å². The first-order chi connectivity index (χ1) is 17.8. The van der Waals surface area contributed by atoms with Crippen LogP contribution in [0.2, 0.25) is 0 Å². The molecule has 5 N–H and O–H groups in total. The molecule has 1 unspecified atom stereocenters. The van der Waals surface area contributed by atoms with Gasteiger partial charge >= 0.3 is 59.1 Å². The summed E-state index contributed by atoms with van der Waals surface area (Å²) >= 11 is 0. The molecule has 0 aliphatic carbocycles. The molecule has 1 amide bonds. The molecule has 39 heavy (non-hydrogen) atoms. The third kappa shape index (κ3) is 28.2. The predicted octanol–water partition coefficient (Wildman–Crippen LogP) is -4.47. The maximum atomic E-state index is 11.9. The number of carboxylic acids is 2. The maximum absolute atomic E-state index is 11.9. The molecular formula is C28H54N4Na2O5. The van der Waals surface area contributed by atoms with Gasteiger partial charge in [0, 0.05) is 39.1 Å². The molecule has 0 aliphatic heterocycles. The number of rotatable bonds is 29. The third-order valence-corrected chi connectivity index (χ3v) is 6.84. The van der Waals surface area contributed by atoms with Crippen LogP contribution in [-0.2, 0) is 14.4 Å². The van der Waals surface area contributed by atoms with Crippen molar-refractivity contribution >= 4 is 17.8 Å². The monoisotopic (exact) mass is 572 g/mol. The average molecular weight is 573 g/mol. The van der Waals surface area contributed by atoms with Crippen LogP contribution in [0.15, 0.2) is 0 Å². The second-order valence-corrected chi connectivity index (χ2v) is 10.3. The maximum Gasteiger partial charge on any atom is 1.00 e. The van der Waals surface area contributed by atoms with E-state index in [1.54, 1.807) is 0 Å². The minimum absolute atomic E-state index is 0. The number of primary amides is 1. The number of amides is 1. The van der Waals surface area contributed by atoms with Gasteiger partial charge in [0.15, 0.2) is 0 Å². The van der Waals surface area contributed by atoms with Gasteiger partial charge in [-0.15, -0.1) is 0 Å². The standard InChI is InChI=1S/C28H56N4O5.2Na/c1-2-3-4-5-6-7-8-9-10-11-12-13-14-15-16-17-18-28(27(36)37,23-25(29)33)32-22-21-30-19-20-31-24-26(34)35;;/h30-32H,2-24H2,1H3,(H2,29,33)(H,34,35)(H,36,37);;/q;2*+1/p-2. The fraction of sp³-hybridized carbons (Fsp3) is 0.893. The fourth-order valence-corrected chi connectivity index (χ4v) is 4.64. The second kappa shape index (κ2) is 31.2. The van der Waals surface area contributed by atoms with Gasteiger partial charge in [-0.25, -0.2) is 0 Å². The van der Waals surface area contributed by atoms with Gasteiger partial charge in [-0.05, 0) is 6.42 Å². The number of hydrogen-bond acceptors (Lipinski definition) is 8. The number of hydrogen-bond donors (Lipinski definition) is 4. The van der Waals surface area contributed by atoms with Crippen LogP contribution in [0.1, 0.15) is 122 Å². The summed E-state index contributed by atoms with van der Waals surface area (Å²) in [5.74, 6) is -3.14. The number of carbonyl (C=O) groups is 3. The van der Waals surface area contributed by atoms with E-state index < -0.39 is 23.4 Å². The zero-order chi connectivity index (χ0) is 27.6. The Kier molecular flexibility index (Phi) is 35.0. The molecule has 0 bridgehead atoms. The van der Waals surface area contributed by atoms with Crippen LogP contribution in [0.25, 0.3) is 0 Å². The van der Waals surface area contributed by atoms with Crippen molar-refractivity contribution in [1.29, 1.82) is 0 Å². The van der Waals surface area contributed by atoms with Crippen molar-refractivity contribution in [2.45, 2.75) is 128 Å². The summed E-state index contributed by atoms with van der Waals surface area (Å²) in [5, 5.41) is 31.0. The topological polar surface area (TPSA) is 159 Å². The number of carbonyl (C=O) groups excluding carboxylic acids is 3. The molecule has 0 spiro atoms.